The fraction of sp³-hybridized carbons (Fsp3) is 0.667. The van der Waals surface area contributed by atoms with Gasteiger partial charge in [-0.25, -0.2) is 18.0 Å². The van der Waals surface area contributed by atoms with Crippen LogP contribution in [0.25, 0.3) is 0 Å². The van der Waals surface area contributed by atoms with Crippen LogP contribution in [-0.4, -0.2) is 51.5 Å². The van der Waals surface area contributed by atoms with E-state index in [0.717, 1.165) is 49.9 Å². The fourth-order valence-corrected chi connectivity index (χ4v) is 7.89. The maximum Gasteiger partial charge on any atom is 0.348 e. The largest absolute Gasteiger partial charge is 0.465 e. The van der Waals surface area contributed by atoms with Gasteiger partial charge in [0.1, 0.15) is 4.88 Å². The van der Waals surface area contributed by atoms with E-state index in [-0.39, 0.29) is 26.3 Å². The number of piperidine rings is 1. The number of rotatable bonds is 4. The lowest BCUT2D eigenvalue weighted by atomic mass is 9.79. The first-order valence-electron chi connectivity index (χ1n) is 9.14. The maximum atomic E-state index is 13.5. The second kappa shape index (κ2) is 7.89. The van der Waals surface area contributed by atoms with Gasteiger partial charge in [-0.05, 0) is 44.1 Å². The Morgan fingerprint density at radius 3 is 2.33 bits per heavy atom. The summed E-state index contributed by atoms with van der Waals surface area (Å²) < 4.78 is 38.1. The zero-order valence-corrected chi connectivity index (χ0v) is 17.5. The van der Waals surface area contributed by atoms with Crippen LogP contribution in [0.4, 0.5) is 0 Å². The van der Waals surface area contributed by atoms with Gasteiger partial charge >= 0.3 is 11.9 Å². The number of thiophene rings is 1. The molecule has 1 aromatic heterocycles. The fourth-order valence-electron chi connectivity index (χ4n) is 4.28. The summed E-state index contributed by atoms with van der Waals surface area (Å²) in [5.74, 6) is -1.04. The van der Waals surface area contributed by atoms with Gasteiger partial charge in [0.25, 0.3) is 10.0 Å². The number of methoxy groups -OCH3 is 2. The molecule has 7 nitrogen and oxygen atoms in total. The van der Waals surface area contributed by atoms with E-state index < -0.39 is 22.0 Å². The minimum absolute atomic E-state index is 0.0352. The highest BCUT2D eigenvalue weighted by Gasteiger charge is 2.43. The highest BCUT2D eigenvalue weighted by Crippen LogP contribution is 2.41. The molecule has 27 heavy (non-hydrogen) atoms. The smallest absolute Gasteiger partial charge is 0.348 e. The molecule has 2 aliphatic rings. The number of fused-ring (bicyclic) bond motifs is 1. The molecule has 3 rings (SSSR count). The molecule has 1 aliphatic heterocycles. The summed E-state index contributed by atoms with van der Waals surface area (Å²) in [5, 5.41) is 0. The first kappa shape index (κ1) is 20.3. The zero-order valence-electron chi connectivity index (χ0n) is 15.8. The molecule has 2 atom stereocenters. The van der Waals surface area contributed by atoms with Gasteiger partial charge < -0.3 is 9.47 Å². The lowest BCUT2D eigenvalue weighted by Crippen LogP contribution is -2.49. The molecule has 0 amide bonds. The molecular weight excluding hydrogens is 390 g/mol. The van der Waals surface area contributed by atoms with Crippen molar-refractivity contribution >= 4 is 33.3 Å². The summed E-state index contributed by atoms with van der Waals surface area (Å²) in [5.41, 5.74) is 0.232. The maximum absolute atomic E-state index is 13.5. The minimum Gasteiger partial charge on any atom is -0.465 e. The summed E-state index contributed by atoms with van der Waals surface area (Å²) in [6.45, 7) is 1.99. The molecule has 0 aromatic carbocycles. The zero-order chi connectivity index (χ0) is 19.8. The van der Waals surface area contributed by atoms with E-state index in [1.165, 1.54) is 14.2 Å². The first-order valence-corrected chi connectivity index (χ1v) is 11.4. The van der Waals surface area contributed by atoms with Crippen LogP contribution in [0.1, 0.15) is 64.1 Å². The Morgan fingerprint density at radius 2 is 1.67 bits per heavy atom. The highest BCUT2D eigenvalue weighted by atomic mass is 32.2. The molecular formula is C18H25NO6S2. The number of hydrogen-bond donors (Lipinski definition) is 0. The van der Waals surface area contributed by atoms with E-state index in [4.69, 9.17) is 9.47 Å². The lowest BCUT2D eigenvalue weighted by molar-refractivity contribution is 0.0596. The van der Waals surface area contributed by atoms with Gasteiger partial charge in [0, 0.05) is 12.6 Å². The van der Waals surface area contributed by atoms with Crippen molar-refractivity contribution in [1.29, 1.82) is 0 Å². The number of sulfonamides is 1. The Kier molecular flexibility index (Phi) is 5.93. The van der Waals surface area contributed by atoms with Gasteiger partial charge in [0.05, 0.1) is 19.8 Å². The predicted molar refractivity (Wildman–Crippen MR) is 101 cm³/mol. The van der Waals surface area contributed by atoms with E-state index in [1.807, 2.05) is 0 Å². The highest BCUT2D eigenvalue weighted by molar-refractivity contribution is 7.91. The number of esters is 2. The van der Waals surface area contributed by atoms with Crippen LogP contribution in [0.5, 0.6) is 0 Å². The van der Waals surface area contributed by atoms with Gasteiger partial charge in [-0.2, -0.15) is 4.31 Å². The second-order valence-corrected chi connectivity index (χ2v) is 10.2. The van der Waals surface area contributed by atoms with E-state index in [2.05, 4.69) is 0 Å². The van der Waals surface area contributed by atoms with Crippen molar-refractivity contribution < 1.29 is 27.5 Å². The molecule has 1 aliphatic carbocycles. The Morgan fingerprint density at radius 1 is 1.04 bits per heavy atom. The molecule has 0 unspecified atom stereocenters. The van der Waals surface area contributed by atoms with Crippen molar-refractivity contribution in [3.8, 4) is 0 Å². The molecule has 0 N–H and O–H groups in total. The Labute approximate surface area is 163 Å². The van der Waals surface area contributed by atoms with Crippen LogP contribution < -0.4 is 0 Å². The topological polar surface area (TPSA) is 90.0 Å². The number of ether oxygens (including phenoxy) is 2. The summed E-state index contributed by atoms with van der Waals surface area (Å²) in [6.07, 6.45) is 5.86. The minimum atomic E-state index is -3.92. The number of carbonyl (C=O) groups is 2. The molecule has 1 aromatic rings. The normalized spacial score (nSPS) is 23.5. The molecule has 150 valence electrons. The van der Waals surface area contributed by atoms with Gasteiger partial charge in [-0.3, -0.25) is 0 Å². The summed E-state index contributed by atoms with van der Waals surface area (Å²) in [6, 6.07) is -0.0352. The second-order valence-electron chi connectivity index (χ2n) is 7.07. The van der Waals surface area contributed by atoms with Crippen LogP contribution in [0, 0.1) is 12.8 Å². The van der Waals surface area contributed by atoms with E-state index in [0.29, 0.717) is 12.5 Å². The molecule has 2 fully saturated rings. The molecule has 0 bridgehead atoms. The number of nitrogens with zero attached hydrogens (tertiary/aromatic N) is 1. The molecule has 1 saturated heterocycles. The van der Waals surface area contributed by atoms with Crippen LogP contribution in [-0.2, 0) is 19.5 Å². The van der Waals surface area contributed by atoms with Crippen molar-refractivity contribution in [2.24, 2.45) is 5.92 Å². The molecule has 0 spiro atoms. The number of hydrogen-bond acceptors (Lipinski definition) is 7. The predicted octanol–water partition coefficient (Wildman–Crippen LogP) is 2.97. The molecule has 2 heterocycles. The summed E-state index contributed by atoms with van der Waals surface area (Å²) in [4.78, 5) is 24.5. The third-order valence-electron chi connectivity index (χ3n) is 5.61. The average Bonchev–Trinajstić information content (AvgIpc) is 3.04. The Bertz CT molecular complexity index is 842. The lowest BCUT2D eigenvalue weighted by Gasteiger charge is -2.42. The van der Waals surface area contributed by atoms with Crippen molar-refractivity contribution in [2.45, 2.75) is 55.7 Å². The van der Waals surface area contributed by atoms with E-state index in [9.17, 15) is 18.0 Å². The van der Waals surface area contributed by atoms with Crippen molar-refractivity contribution in [3.63, 3.8) is 0 Å². The standard InChI is InChI=1S/C18H25NO6S2/c1-11-14(16(20)24-2)18(26-15(11)17(21)25-3)27(22,23)19-10-6-8-12-7-4-5-9-13(12)19/h12-13H,4-10H2,1-3H3/t12-,13-/m1/s1. The van der Waals surface area contributed by atoms with Gasteiger partial charge in [0.15, 0.2) is 4.21 Å². The number of carbonyl (C=O) groups excluding carboxylic acids is 2. The molecule has 0 radical (unpaired) electrons. The van der Waals surface area contributed by atoms with Crippen molar-refractivity contribution in [1.82, 2.24) is 4.31 Å². The monoisotopic (exact) mass is 415 g/mol. The first-order chi connectivity index (χ1) is 12.8. The van der Waals surface area contributed by atoms with Crippen LogP contribution in [0.2, 0.25) is 0 Å². The van der Waals surface area contributed by atoms with E-state index >= 15 is 0 Å². The van der Waals surface area contributed by atoms with Gasteiger partial charge in [-0.1, -0.05) is 12.8 Å². The summed E-state index contributed by atoms with van der Waals surface area (Å²) in [7, 11) is -1.49. The van der Waals surface area contributed by atoms with Crippen LogP contribution >= 0.6 is 11.3 Å². The van der Waals surface area contributed by atoms with Gasteiger partial charge in [0.2, 0.25) is 0 Å². The Hall–Kier alpha value is -1.45. The molecule has 9 heteroatoms. The quantitative estimate of drug-likeness (QED) is 0.702. The average molecular weight is 416 g/mol. The SMILES string of the molecule is COC(=O)c1sc(S(=O)(=O)N2CCC[C@H]3CCCC[C@H]32)c(C(=O)OC)c1C. The third-order valence-corrected chi connectivity index (χ3v) is 9.30. The molecule has 1 saturated carbocycles. The van der Waals surface area contributed by atoms with Crippen molar-refractivity contribution in [3.05, 3.63) is 16.0 Å². The van der Waals surface area contributed by atoms with Gasteiger partial charge in [-0.15, -0.1) is 11.3 Å². The van der Waals surface area contributed by atoms with E-state index in [1.54, 1.807) is 11.2 Å². The third kappa shape index (κ3) is 3.52. The van der Waals surface area contributed by atoms with Crippen LogP contribution in [0.3, 0.4) is 0 Å². The summed E-state index contributed by atoms with van der Waals surface area (Å²) >= 11 is 0.797. The Balaban J connectivity index is 2.10. The van der Waals surface area contributed by atoms with Crippen molar-refractivity contribution in [2.75, 3.05) is 20.8 Å². The van der Waals surface area contributed by atoms with Crippen LogP contribution in [0.15, 0.2) is 4.21 Å².